The van der Waals surface area contributed by atoms with Crippen molar-refractivity contribution >= 4 is 49.2 Å². The summed E-state index contributed by atoms with van der Waals surface area (Å²) in [6.45, 7) is 0. The highest BCUT2D eigenvalue weighted by atomic mass is 79.9. The minimum Gasteiger partial charge on any atom is -0.329 e. The van der Waals surface area contributed by atoms with Crippen molar-refractivity contribution in [2.75, 3.05) is 10.7 Å². The van der Waals surface area contributed by atoms with E-state index in [9.17, 15) is 13.0 Å². The van der Waals surface area contributed by atoms with Gasteiger partial charge in [0.1, 0.15) is 4.60 Å². The summed E-state index contributed by atoms with van der Waals surface area (Å²) >= 11 is 5.03. The summed E-state index contributed by atoms with van der Waals surface area (Å²) in [5.74, 6) is 0.0937. The fourth-order valence-electron chi connectivity index (χ4n) is 3.21. The van der Waals surface area contributed by atoms with Gasteiger partial charge in [-0.25, -0.2) is 9.97 Å². The van der Waals surface area contributed by atoms with Crippen molar-refractivity contribution in [3.8, 4) is 0 Å². The molecule has 4 rings (SSSR count). The molecule has 0 saturated heterocycles. The lowest BCUT2D eigenvalue weighted by molar-refractivity contribution is 0.476. The molecule has 1 aliphatic rings. The Hall–Kier alpha value is -1.94. The van der Waals surface area contributed by atoms with E-state index in [1.54, 1.807) is 24.0 Å². The van der Waals surface area contributed by atoms with Crippen LogP contribution in [-0.4, -0.2) is 28.7 Å². The first-order chi connectivity index (χ1) is 13.4. The first-order valence-electron chi connectivity index (χ1n) is 8.51. The van der Waals surface area contributed by atoms with Crippen LogP contribution in [0.1, 0.15) is 18.3 Å². The van der Waals surface area contributed by atoms with Crippen molar-refractivity contribution in [1.29, 1.82) is 0 Å². The molecule has 1 N–H and O–H groups in total. The van der Waals surface area contributed by atoms with Gasteiger partial charge in [0.25, 0.3) is 10.1 Å². The fourth-order valence-corrected chi connectivity index (χ4v) is 5.11. The van der Waals surface area contributed by atoms with Gasteiger partial charge in [0.05, 0.1) is 23.2 Å². The van der Waals surface area contributed by atoms with Crippen LogP contribution in [0.15, 0.2) is 75.2 Å². The number of benzene rings is 2. The van der Waals surface area contributed by atoms with Crippen LogP contribution in [0, 0.1) is 0 Å². The molecule has 2 aromatic carbocycles. The van der Waals surface area contributed by atoms with E-state index < -0.39 is 16.2 Å². The van der Waals surface area contributed by atoms with Crippen LogP contribution in [-0.2, 0) is 10.1 Å². The number of rotatable bonds is 5. The Morgan fingerprint density at radius 1 is 1.04 bits per heavy atom. The highest BCUT2D eigenvalue weighted by Gasteiger charge is 2.32. The van der Waals surface area contributed by atoms with E-state index in [0.717, 1.165) is 21.2 Å². The highest BCUT2D eigenvalue weighted by molar-refractivity contribution is 9.10. The average molecular weight is 478 g/mol. The molecule has 28 heavy (non-hydrogen) atoms. The van der Waals surface area contributed by atoms with Crippen LogP contribution in [0.5, 0.6) is 0 Å². The quantitative estimate of drug-likeness (QED) is 0.414. The van der Waals surface area contributed by atoms with Crippen LogP contribution in [0.2, 0.25) is 0 Å². The number of nitrogens with zero attached hydrogens (tertiary/aromatic N) is 3. The maximum atomic E-state index is 11.5. The molecule has 3 aromatic rings. The van der Waals surface area contributed by atoms with Gasteiger partial charge in [-0.2, -0.15) is 8.42 Å². The lowest BCUT2D eigenvalue weighted by atomic mass is 10.1. The largest absolute Gasteiger partial charge is 0.329 e. The van der Waals surface area contributed by atoms with Crippen LogP contribution in [0.4, 0.5) is 11.4 Å². The van der Waals surface area contributed by atoms with Gasteiger partial charge >= 0.3 is 0 Å². The van der Waals surface area contributed by atoms with Gasteiger partial charge in [0, 0.05) is 16.0 Å². The Morgan fingerprint density at radius 3 is 2.21 bits per heavy atom. The van der Waals surface area contributed by atoms with Gasteiger partial charge in [-0.1, -0.05) is 36.0 Å². The highest BCUT2D eigenvalue weighted by Crippen LogP contribution is 2.51. The second kappa shape index (κ2) is 7.82. The van der Waals surface area contributed by atoms with Crippen molar-refractivity contribution in [3.05, 3.63) is 71.2 Å². The Kier molecular flexibility index (Phi) is 5.42. The van der Waals surface area contributed by atoms with Crippen LogP contribution in [0.25, 0.3) is 0 Å². The molecule has 0 aliphatic carbocycles. The number of anilines is 2. The monoisotopic (exact) mass is 477 g/mol. The second-order valence-corrected chi connectivity index (χ2v) is 9.70. The van der Waals surface area contributed by atoms with Gasteiger partial charge in [-0.15, -0.1) is 0 Å². The molecular weight excluding hydrogens is 462 g/mol. The van der Waals surface area contributed by atoms with Crippen molar-refractivity contribution in [3.63, 3.8) is 0 Å². The number of hydrogen-bond donors (Lipinski definition) is 1. The average Bonchev–Trinajstić information content (AvgIpc) is 2.66. The first kappa shape index (κ1) is 19.4. The lowest BCUT2D eigenvalue weighted by Crippen LogP contribution is -2.29. The minimum absolute atomic E-state index is 0.141. The van der Waals surface area contributed by atoms with E-state index in [1.165, 1.54) is 0 Å². The molecule has 1 aliphatic heterocycles. The number of halogens is 1. The van der Waals surface area contributed by atoms with Crippen molar-refractivity contribution in [2.45, 2.75) is 22.3 Å². The van der Waals surface area contributed by atoms with E-state index >= 15 is 0 Å². The van der Waals surface area contributed by atoms with E-state index in [4.69, 9.17) is 0 Å². The zero-order valence-electron chi connectivity index (χ0n) is 14.6. The van der Waals surface area contributed by atoms with Crippen molar-refractivity contribution < 1.29 is 13.0 Å². The van der Waals surface area contributed by atoms with Crippen molar-refractivity contribution in [1.82, 2.24) is 9.97 Å². The third kappa shape index (κ3) is 4.07. The summed E-state index contributed by atoms with van der Waals surface area (Å²) in [4.78, 5) is 13.1. The third-order valence-corrected chi connectivity index (χ3v) is 6.69. The molecular formula is C19H16BrN3O3S2. The standard InChI is InChI=1S/C19H16BrN3O3S2/c20-18-9-11-21-19(22-18)15(10-12-28(24,25)26)23-13-5-1-3-7-16(13)27-17-8-4-2-6-14(17)23/h1-9,11,15H,10,12H2,(H,24,25,26). The summed E-state index contributed by atoms with van der Waals surface area (Å²) in [6.07, 6.45) is 1.77. The van der Waals surface area contributed by atoms with Crippen LogP contribution >= 0.6 is 27.7 Å². The zero-order chi connectivity index (χ0) is 19.7. The SMILES string of the molecule is O=S(=O)(O)CCC(c1nccc(Br)n1)N1c2ccccc2Sc2ccccc21. The maximum absolute atomic E-state index is 11.5. The van der Waals surface area contributed by atoms with Crippen molar-refractivity contribution in [2.24, 2.45) is 0 Å². The van der Waals surface area contributed by atoms with Crippen LogP contribution < -0.4 is 4.90 Å². The van der Waals surface area contributed by atoms with Gasteiger partial charge in [-0.3, -0.25) is 4.55 Å². The summed E-state index contributed by atoms with van der Waals surface area (Å²) < 4.78 is 33.0. The molecule has 2 heterocycles. The summed E-state index contributed by atoms with van der Waals surface area (Å²) in [7, 11) is -4.13. The Bertz CT molecular complexity index is 1080. The van der Waals surface area contributed by atoms with Gasteiger partial charge in [-0.05, 0) is 52.7 Å². The number of hydrogen-bond acceptors (Lipinski definition) is 6. The molecule has 1 unspecified atom stereocenters. The molecule has 9 heteroatoms. The van der Waals surface area contributed by atoms with Gasteiger partial charge in [0.15, 0.2) is 5.82 Å². The number of para-hydroxylation sites is 2. The topological polar surface area (TPSA) is 83.4 Å². The van der Waals surface area contributed by atoms with Gasteiger partial charge < -0.3 is 4.90 Å². The molecule has 0 saturated carbocycles. The molecule has 0 amide bonds. The minimum atomic E-state index is -4.13. The van der Waals surface area contributed by atoms with E-state index in [1.807, 2.05) is 48.5 Å². The third-order valence-electron chi connectivity index (χ3n) is 4.37. The molecule has 6 nitrogen and oxygen atoms in total. The molecule has 0 spiro atoms. The Balaban J connectivity index is 1.88. The molecule has 1 aromatic heterocycles. The maximum Gasteiger partial charge on any atom is 0.264 e. The molecule has 0 bridgehead atoms. The van der Waals surface area contributed by atoms with Gasteiger partial charge in [0.2, 0.25) is 0 Å². The Labute approximate surface area is 175 Å². The number of fused-ring (bicyclic) bond motifs is 2. The molecule has 0 radical (unpaired) electrons. The normalized spacial score (nSPS) is 14.3. The summed E-state index contributed by atoms with van der Waals surface area (Å²) in [6, 6.07) is 17.1. The summed E-state index contributed by atoms with van der Waals surface area (Å²) in [5, 5.41) is 0. The second-order valence-electron chi connectivity index (χ2n) is 6.24. The molecule has 1 atom stereocenters. The zero-order valence-corrected chi connectivity index (χ0v) is 17.8. The van der Waals surface area contributed by atoms with Crippen LogP contribution in [0.3, 0.4) is 0 Å². The number of aromatic nitrogens is 2. The predicted octanol–water partition coefficient (Wildman–Crippen LogP) is 4.86. The Morgan fingerprint density at radius 2 is 1.64 bits per heavy atom. The first-order valence-corrected chi connectivity index (χ1v) is 11.7. The lowest BCUT2D eigenvalue weighted by Gasteiger charge is -2.38. The fraction of sp³-hybridized carbons (Fsp3) is 0.158. The predicted molar refractivity (Wildman–Crippen MR) is 113 cm³/mol. The van der Waals surface area contributed by atoms with E-state index in [2.05, 4.69) is 30.8 Å². The molecule has 144 valence electrons. The smallest absolute Gasteiger partial charge is 0.264 e. The van der Waals surface area contributed by atoms with E-state index in [0.29, 0.717) is 10.4 Å². The summed E-state index contributed by atoms with van der Waals surface area (Å²) in [5.41, 5.74) is 1.91. The van der Waals surface area contributed by atoms with E-state index in [-0.39, 0.29) is 12.2 Å². The molecule has 0 fully saturated rings.